The Morgan fingerprint density at radius 1 is 1.22 bits per heavy atom. The largest absolute Gasteiger partial charge is 0.616 e. The Bertz CT molecular complexity index is 785. The number of benzene rings is 1. The zero-order valence-corrected chi connectivity index (χ0v) is 13.9. The lowest BCUT2D eigenvalue weighted by Crippen LogP contribution is -2.40. The summed E-state index contributed by atoms with van der Waals surface area (Å²) in [6.45, 7) is 4.63. The fourth-order valence-corrected chi connectivity index (χ4v) is 3.88. The molecular weight excluding hydrogens is 317 g/mol. The third kappa shape index (κ3) is 3.25. The summed E-state index contributed by atoms with van der Waals surface area (Å²) < 4.78 is 27.3. The van der Waals surface area contributed by atoms with Gasteiger partial charge >= 0.3 is 0 Å². The molecule has 2 heterocycles. The van der Waals surface area contributed by atoms with Crippen LogP contribution in [0, 0.1) is 19.7 Å². The van der Waals surface area contributed by atoms with E-state index in [4.69, 9.17) is 0 Å². The third-order valence-corrected chi connectivity index (χ3v) is 5.20. The minimum atomic E-state index is -0.802. The van der Waals surface area contributed by atoms with Gasteiger partial charge in [-0.05, 0) is 26.0 Å². The van der Waals surface area contributed by atoms with Crippen LogP contribution in [0.3, 0.4) is 0 Å². The van der Waals surface area contributed by atoms with Gasteiger partial charge in [0, 0.05) is 17.8 Å². The minimum absolute atomic E-state index is 0.226. The van der Waals surface area contributed by atoms with Crippen molar-refractivity contribution in [2.75, 3.05) is 29.5 Å². The SMILES string of the molecule is Cc1cc(=O)n(-c2ccc(N3CC[S+]([O-])CC3)c(F)c2)c(C)n1. The Morgan fingerprint density at radius 3 is 2.52 bits per heavy atom. The van der Waals surface area contributed by atoms with Gasteiger partial charge in [0.1, 0.15) is 23.1 Å². The first-order chi connectivity index (χ1) is 11.0. The van der Waals surface area contributed by atoms with Gasteiger partial charge in [0.2, 0.25) is 0 Å². The van der Waals surface area contributed by atoms with Gasteiger partial charge in [-0.25, -0.2) is 9.37 Å². The predicted molar refractivity (Wildman–Crippen MR) is 89.4 cm³/mol. The first kappa shape index (κ1) is 16.0. The number of hydrogen-bond donors (Lipinski definition) is 0. The molecule has 1 aromatic carbocycles. The lowest BCUT2D eigenvalue weighted by atomic mass is 10.2. The predicted octanol–water partition coefficient (Wildman–Crippen LogP) is 1.56. The quantitative estimate of drug-likeness (QED) is 0.782. The van der Waals surface area contributed by atoms with E-state index in [0.717, 1.165) is 0 Å². The Morgan fingerprint density at radius 2 is 1.91 bits per heavy atom. The molecule has 0 unspecified atom stereocenters. The van der Waals surface area contributed by atoms with Crippen molar-refractivity contribution in [3.05, 3.63) is 52.0 Å². The molecule has 1 aliphatic rings. The van der Waals surface area contributed by atoms with E-state index in [1.165, 1.54) is 16.7 Å². The molecule has 122 valence electrons. The average molecular weight is 335 g/mol. The summed E-state index contributed by atoms with van der Waals surface area (Å²) in [5.74, 6) is 1.25. The second-order valence-electron chi connectivity index (χ2n) is 5.59. The number of hydrogen-bond acceptors (Lipinski definition) is 4. The first-order valence-corrected chi connectivity index (χ1v) is 8.91. The van der Waals surface area contributed by atoms with Crippen molar-refractivity contribution in [1.29, 1.82) is 0 Å². The summed E-state index contributed by atoms with van der Waals surface area (Å²) >= 11 is -0.802. The molecule has 0 N–H and O–H groups in total. The maximum atomic E-state index is 14.5. The van der Waals surface area contributed by atoms with Gasteiger partial charge in [0.15, 0.2) is 0 Å². The van der Waals surface area contributed by atoms with E-state index in [1.54, 1.807) is 26.0 Å². The van der Waals surface area contributed by atoms with Crippen molar-refractivity contribution in [2.45, 2.75) is 13.8 Å². The van der Waals surface area contributed by atoms with Crippen LogP contribution in [-0.4, -0.2) is 38.7 Å². The van der Waals surface area contributed by atoms with Crippen molar-refractivity contribution in [2.24, 2.45) is 0 Å². The van der Waals surface area contributed by atoms with E-state index in [2.05, 4.69) is 4.98 Å². The van der Waals surface area contributed by atoms with Crippen LogP contribution >= 0.6 is 0 Å². The molecule has 0 atom stereocenters. The highest BCUT2D eigenvalue weighted by molar-refractivity contribution is 7.91. The standard InChI is InChI=1S/C16H18FN3O2S/c1-11-9-16(21)20(12(2)18-11)13-3-4-15(14(17)10-13)19-5-7-23(22)8-6-19/h3-4,9-10H,5-8H2,1-2H3. The van der Waals surface area contributed by atoms with Crippen molar-refractivity contribution in [3.8, 4) is 5.69 Å². The van der Waals surface area contributed by atoms with Gasteiger partial charge in [0.25, 0.3) is 5.56 Å². The van der Waals surface area contributed by atoms with Crippen LogP contribution in [0.5, 0.6) is 0 Å². The molecule has 1 aliphatic heterocycles. The van der Waals surface area contributed by atoms with Gasteiger partial charge in [-0.1, -0.05) is 11.2 Å². The number of rotatable bonds is 2. The molecule has 1 aromatic heterocycles. The topological polar surface area (TPSA) is 61.2 Å². The lowest BCUT2D eigenvalue weighted by Gasteiger charge is -2.30. The van der Waals surface area contributed by atoms with E-state index in [-0.39, 0.29) is 11.4 Å². The maximum Gasteiger partial charge on any atom is 0.258 e. The van der Waals surface area contributed by atoms with Crippen LogP contribution in [0.15, 0.2) is 29.1 Å². The Balaban J connectivity index is 1.95. The first-order valence-electron chi connectivity index (χ1n) is 7.43. The molecule has 1 saturated heterocycles. The number of aryl methyl sites for hydroxylation is 2. The van der Waals surface area contributed by atoms with Gasteiger partial charge in [-0.2, -0.15) is 0 Å². The smallest absolute Gasteiger partial charge is 0.258 e. The van der Waals surface area contributed by atoms with Crippen LogP contribution in [0.2, 0.25) is 0 Å². The van der Waals surface area contributed by atoms with Crippen LogP contribution in [0.4, 0.5) is 10.1 Å². The number of aromatic nitrogens is 2. The summed E-state index contributed by atoms with van der Waals surface area (Å²) in [7, 11) is 0. The summed E-state index contributed by atoms with van der Waals surface area (Å²) in [5, 5.41) is 0. The fourth-order valence-electron chi connectivity index (χ4n) is 2.82. The average Bonchev–Trinajstić information content (AvgIpc) is 2.47. The summed E-state index contributed by atoms with van der Waals surface area (Å²) in [4.78, 5) is 18.3. The molecule has 1 fully saturated rings. The molecule has 0 spiro atoms. The van der Waals surface area contributed by atoms with E-state index >= 15 is 0 Å². The zero-order valence-electron chi connectivity index (χ0n) is 13.1. The molecule has 23 heavy (non-hydrogen) atoms. The van der Waals surface area contributed by atoms with Crippen molar-refractivity contribution >= 4 is 16.9 Å². The Labute approximate surface area is 137 Å². The minimum Gasteiger partial charge on any atom is -0.616 e. The lowest BCUT2D eigenvalue weighted by molar-refractivity contribution is 0.581. The summed E-state index contributed by atoms with van der Waals surface area (Å²) in [6, 6.07) is 6.17. The zero-order chi connectivity index (χ0) is 16.6. The van der Waals surface area contributed by atoms with Crippen molar-refractivity contribution in [1.82, 2.24) is 9.55 Å². The van der Waals surface area contributed by atoms with Crippen molar-refractivity contribution in [3.63, 3.8) is 0 Å². The molecule has 5 nitrogen and oxygen atoms in total. The molecule has 2 aromatic rings. The summed E-state index contributed by atoms with van der Waals surface area (Å²) in [5.41, 5.74) is 1.36. The van der Waals surface area contributed by atoms with Crippen LogP contribution in [0.25, 0.3) is 5.69 Å². The molecule has 3 rings (SSSR count). The van der Waals surface area contributed by atoms with E-state index in [0.29, 0.717) is 47.5 Å². The van der Waals surface area contributed by atoms with Crippen LogP contribution in [0.1, 0.15) is 11.5 Å². The maximum absolute atomic E-state index is 14.5. The fraction of sp³-hybridized carbons (Fsp3) is 0.375. The second-order valence-corrected chi connectivity index (χ2v) is 7.29. The number of halogens is 1. The third-order valence-electron chi connectivity index (χ3n) is 3.92. The Kier molecular flexibility index (Phi) is 4.41. The van der Waals surface area contributed by atoms with E-state index in [9.17, 15) is 13.7 Å². The van der Waals surface area contributed by atoms with E-state index < -0.39 is 11.2 Å². The monoisotopic (exact) mass is 335 g/mol. The highest BCUT2D eigenvalue weighted by Gasteiger charge is 2.22. The van der Waals surface area contributed by atoms with Gasteiger partial charge in [0.05, 0.1) is 24.5 Å². The molecule has 0 radical (unpaired) electrons. The highest BCUT2D eigenvalue weighted by Crippen LogP contribution is 2.24. The van der Waals surface area contributed by atoms with Crippen LogP contribution in [-0.2, 0) is 11.2 Å². The molecule has 0 bridgehead atoms. The second kappa shape index (κ2) is 6.33. The molecule has 0 saturated carbocycles. The molecular formula is C16H18FN3O2S. The molecule has 0 aliphatic carbocycles. The Hall–Kier alpha value is -1.86. The molecule has 7 heteroatoms. The summed E-state index contributed by atoms with van der Waals surface area (Å²) in [6.07, 6.45) is 0. The van der Waals surface area contributed by atoms with Gasteiger partial charge < -0.3 is 9.45 Å². The van der Waals surface area contributed by atoms with Crippen molar-refractivity contribution < 1.29 is 8.94 Å². The van der Waals surface area contributed by atoms with Gasteiger partial charge in [-0.15, -0.1) is 0 Å². The van der Waals surface area contributed by atoms with Gasteiger partial charge in [-0.3, -0.25) is 9.36 Å². The normalized spacial score (nSPS) is 15.9. The highest BCUT2D eigenvalue weighted by atomic mass is 32.2. The van der Waals surface area contributed by atoms with Crippen LogP contribution < -0.4 is 10.5 Å². The number of anilines is 1. The number of nitrogens with zero attached hydrogens (tertiary/aromatic N) is 3. The molecule has 0 amide bonds. The van der Waals surface area contributed by atoms with E-state index in [1.807, 2.05) is 4.90 Å².